The summed E-state index contributed by atoms with van der Waals surface area (Å²) in [4.78, 5) is 0. The van der Waals surface area contributed by atoms with E-state index in [0.29, 0.717) is 11.5 Å². The van der Waals surface area contributed by atoms with Gasteiger partial charge in [-0.15, -0.1) is 0 Å². The van der Waals surface area contributed by atoms with Crippen LogP contribution in [0.1, 0.15) is 40.0 Å². The molecule has 0 aromatic heterocycles. The molecule has 0 bridgehead atoms. The van der Waals surface area contributed by atoms with Crippen molar-refractivity contribution in [3.8, 4) is 0 Å². The third-order valence-corrected chi connectivity index (χ3v) is 3.17. The quantitative estimate of drug-likeness (QED) is 0.626. The first kappa shape index (κ1) is 11.1. The molecule has 2 nitrogen and oxygen atoms in total. The average molecular weight is 180 g/mol. The van der Waals surface area contributed by atoms with Gasteiger partial charge in [0.1, 0.15) is 0 Å². The molecule has 0 spiro atoms. The summed E-state index contributed by atoms with van der Waals surface area (Å²) in [6, 6.07) is 0.428. The standard InChI is InChI=1S/C10H21BN2/c1-9(2)4-8(13-11)5-10(3,6-9)7-12/h8,13H,4-7,12H2,1-3H3. The molecule has 3 N–H and O–H groups in total. The summed E-state index contributed by atoms with van der Waals surface area (Å²) in [5.41, 5.74) is 6.43. The molecule has 1 aliphatic carbocycles. The lowest BCUT2D eigenvalue weighted by molar-refractivity contribution is 0.0852. The highest BCUT2D eigenvalue weighted by Crippen LogP contribution is 2.45. The Hall–Kier alpha value is -0.0151. The molecule has 1 fully saturated rings. The van der Waals surface area contributed by atoms with Gasteiger partial charge in [0.15, 0.2) is 7.98 Å². The van der Waals surface area contributed by atoms with Crippen molar-refractivity contribution in [1.82, 2.24) is 5.23 Å². The summed E-state index contributed by atoms with van der Waals surface area (Å²) in [5, 5.41) is 2.89. The Kier molecular flexibility index (Phi) is 3.08. The molecule has 2 unspecified atom stereocenters. The molecule has 1 aliphatic rings. The molecule has 0 aliphatic heterocycles. The molecule has 0 amide bonds. The lowest BCUT2D eigenvalue weighted by Gasteiger charge is -2.46. The minimum atomic E-state index is 0.263. The van der Waals surface area contributed by atoms with Gasteiger partial charge in [-0.3, -0.25) is 0 Å². The zero-order valence-corrected chi connectivity index (χ0v) is 9.06. The second-order valence-corrected chi connectivity index (χ2v) is 5.63. The van der Waals surface area contributed by atoms with E-state index in [9.17, 15) is 0 Å². The van der Waals surface area contributed by atoms with Crippen molar-refractivity contribution in [2.45, 2.75) is 46.1 Å². The van der Waals surface area contributed by atoms with E-state index in [0.717, 1.165) is 19.4 Å². The van der Waals surface area contributed by atoms with Crippen LogP contribution in [0.3, 0.4) is 0 Å². The van der Waals surface area contributed by atoms with Gasteiger partial charge in [-0.25, -0.2) is 0 Å². The van der Waals surface area contributed by atoms with Crippen LogP contribution in [0, 0.1) is 10.8 Å². The molecule has 2 atom stereocenters. The predicted molar refractivity (Wildman–Crippen MR) is 57.5 cm³/mol. The number of nitrogens with two attached hydrogens (primary N) is 1. The normalized spacial score (nSPS) is 38.9. The minimum Gasteiger partial charge on any atom is -0.364 e. The Morgan fingerprint density at radius 2 is 2.00 bits per heavy atom. The molecule has 13 heavy (non-hydrogen) atoms. The molecule has 74 valence electrons. The third-order valence-electron chi connectivity index (χ3n) is 3.17. The van der Waals surface area contributed by atoms with E-state index < -0.39 is 0 Å². The Labute approximate surface area is 83.1 Å². The molecule has 0 aromatic carbocycles. The Balaban J connectivity index is 2.71. The maximum absolute atomic E-state index is 5.81. The molecule has 3 heteroatoms. The Morgan fingerprint density at radius 1 is 1.38 bits per heavy atom. The van der Waals surface area contributed by atoms with Crippen LogP contribution in [0.4, 0.5) is 0 Å². The van der Waals surface area contributed by atoms with Crippen LogP contribution < -0.4 is 11.0 Å². The van der Waals surface area contributed by atoms with Crippen LogP contribution in [0.25, 0.3) is 0 Å². The van der Waals surface area contributed by atoms with E-state index in [2.05, 4.69) is 26.0 Å². The highest BCUT2D eigenvalue weighted by atomic mass is 14.8. The third kappa shape index (κ3) is 2.71. The van der Waals surface area contributed by atoms with Gasteiger partial charge in [0.25, 0.3) is 0 Å². The summed E-state index contributed by atoms with van der Waals surface area (Å²) in [5.74, 6) is 0. The SMILES string of the molecule is [B]NC1CC(C)(C)CC(C)(CN)C1. The smallest absolute Gasteiger partial charge is 0.178 e. The maximum Gasteiger partial charge on any atom is 0.178 e. The summed E-state index contributed by atoms with van der Waals surface area (Å²) < 4.78 is 0. The fourth-order valence-electron chi connectivity index (χ4n) is 2.91. The number of hydrogen-bond acceptors (Lipinski definition) is 2. The first-order valence-corrected chi connectivity index (χ1v) is 5.07. The first-order chi connectivity index (χ1) is 5.91. The van der Waals surface area contributed by atoms with Gasteiger partial charge in [0.05, 0.1) is 0 Å². The van der Waals surface area contributed by atoms with E-state index in [1.807, 2.05) is 0 Å². The number of hydrogen-bond donors (Lipinski definition) is 2. The van der Waals surface area contributed by atoms with Crippen molar-refractivity contribution in [2.75, 3.05) is 6.54 Å². The van der Waals surface area contributed by atoms with Crippen molar-refractivity contribution in [3.63, 3.8) is 0 Å². The van der Waals surface area contributed by atoms with Gasteiger partial charge < -0.3 is 11.0 Å². The van der Waals surface area contributed by atoms with Crippen LogP contribution in [-0.4, -0.2) is 20.6 Å². The highest BCUT2D eigenvalue weighted by Gasteiger charge is 2.39. The average Bonchev–Trinajstić information content (AvgIpc) is 2.01. The maximum atomic E-state index is 5.81. The lowest BCUT2D eigenvalue weighted by atomic mass is 9.62. The van der Waals surface area contributed by atoms with Gasteiger partial charge in [0, 0.05) is 0 Å². The van der Waals surface area contributed by atoms with Crippen LogP contribution in [0.5, 0.6) is 0 Å². The monoisotopic (exact) mass is 180 g/mol. The second kappa shape index (κ2) is 3.62. The molecule has 2 radical (unpaired) electrons. The largest absolute Gasteiger partial charge is 0.364 e. The zero-order chi connectivity index (χ0) is 10.1. The topological polar surface area (TPSA) is 38.0 Å². The van der Waals surface area contributed by atoms with Gasteiger partial charge in [-0.2, -0.15) is 0 Å². The lowest BCUT2D eigenvalue weighted by Crippen LogP contribution is -2.47. The summed E-state index contributed by atoms with van der Waals surface area (Å²) >= 11 is 0. The minimum absolute atomic E-state index is 0.263. The van der Waals surface area contributed by atoms with E-state index in [1.165, 1.54) is 6.42 Å². The Bertz CT molecular complexity index is 182. The van der Waals surface area contributed by atoms with Crippen LogP contribution in [-0.2, 0) is 0 Å². The summed E-state index contributed by atoms with van der Waals surface area (Å²) in [7, 11) is 5.51. The van der Waals surface area contributed by atoms with E-state index >= 15 is 0 Å². The fraction of sp³-hybridized carbons (Fsp3) is 1.00. The number of nitrogens with one attached hydrogen (secondary N) is 1. The highest BCUT2D eigenvalue weighted by molar-refractivity contribution is 6.04. The van der Waals surface area contributed by atoms with E-state index in [4.69, 9.17) is 13.7 Å². The number of rotatable bonds is 2. The van der Waals surface area contributed by atoms with E-state index in [1.54, 1.807) is 0 Å². The van der Waals surface area contributed by atoms with Gasteiger partial charge in [-0.05, 0) is 42.7 Å². The van der Waals surface area contributed by atoms with Crippen molar-refractivity contribution in [3.05, 3.63) is 0 Å². The van der Waals surface area contributed by atoms with Crippen molar-refractivity contribution < 1.29 is 0 Å². The van der Waals surface area contributed by atoms with Gasteiger partial charge >= 0.3 is 0 Å². The molecule has 0 heterocycles. The first-order valence-electron chi connectivity index (χ1n) is 5.07. The second-order valence-electron chi connectivity index (χ2n) is 5.63. The van der Waals surface area contributed by atoms with Crippen LogP contribution >= 0.6 is 0 Å². The van der Waals surface area contributed by atoms with Crippen LogP contribution in [0.2, 0.25) is 0 Å². The molecular formula is C10H21BN2. The molecule has 0 saturated heterocycles. The molecule has 1 rings (SSSR count). The van der Waals surface area contributed by atoms with E-state index in [-0.39, 0.29) is 5.41 Å². The van der Waals surface area contributed by atoms with Gasteiger partial charge in [-0.1, -0.05) is 20.8 Å². The Morgan fingerprint density at radius 3 is 2.46 bits per heavy atom. The van der Waals surface area contributed by atoms with Crippen molar-refractivity contribution in [2.24, 2.45) is 16.6 Å². The molecule has 1 saturated carbocycles. The van der Waals surface area contributed by atoms with Crippen molar-refractivity contribution >= 4 is 7.98 Å². The predicted octanol–water partition coefficient (Wildman–Crippen LogP) is 1.20. The fourth-order valence-corrected chi connectivity index (χ4v) is 2.91. The van der Waals surface area contributed by atoms with Gasteiger partial charge in [0.2, 0.25) is 0 Å². The zero-order valence-electron chi connectivity index (χ0n) is 9.06. The van der Waals surface area contributed by atoms with Crippen molar-refractivity contribution in [1.29, 1.82) is 0 Å². The summed E-state index contributed by atoms with van der Waals surface area (Å²) in [6.07, 6.45) is 3.46. The molecule has 0 aromatic rings. The summed E-state index contributed by atoms with van der Waals surface area (Å²) in [6.45, 7) is 7.61. The molecular weight excluding hydrogens is 159 g/mol. The van der Waals surface area contributed by atoms with Crippen LogP contribution in [0.15, 0.2) is 0 Å².